The van der Waals surface area contributed by atoms with Crippen molar-refractivity contribution in [3.8, 4) is 0 Å². The van der Waals surface area contributed by atoms with Crippen LogP contribution in [0.15, 0.2) is 28.8 Å². The fourth-order valence-electron chi connectivity index (χ4n) is 3.24. The SMILES string of the molecule is Cc1cc(F)ccc1C1C(=O)NCCN1C(=O)c1cc(C2CC2)no1. The number of nitrogens with one attached hydrogen (secondary N) is 1. The van der Waals surface area contributed by atoms with Crippen molar-refractivity contribution >= 4 is 11.8 Å². The minimum atomic E-state index is -0.809. The molecule has 1 aliphatic heterocycles. The highest BCUT2D eigenvalue weighted by atomic mass is 19.1. The molecule has 0 radical (unpaired) electrons. The van der Waals surface area contributed by atoms with Crippen molar-refractivity contribution in [1.82, 2.24) is 15.4 Å². The van der Waals surface area contributed by atoms with Crippen LogP contribution in [0.1, 0.15) is 52.2 Å². The molecule has 2 heterocycles. The Morgan fingerprint density at radius 2 is 2.16 bits per heavy atom. The average molecular weight is 343 g/mol. The molecule has 6 nitrogen and oxygen atoms in total. The minimum Gasteiger partial charge on any atom is -0.352 e. The second-order valence-corrected chi connectivity index (χ2v) is 6.58. The number of carbonyl (C=O) groups excluding carboxylic acids is 2. The van der Waals surface area contributed by atoms with Crippen molar-refractivity contribution in [3.05, 3.63) is 52.7 Å². The van der Waals surface area contributed by atoms with Gasteiger partial charge in [0.1, 0.15) is 11.9 Å². The van der Waals surface area contributed by atoms with Gasteiger partial charge in [-0.05, 0) is 43.0 Å². The van der Waals surface area contributed by atoms with Gasteiger partial charge in [-0.25, -0.2) is 4.39 Å². The number of benzene rings is 1. The van der Waals surface area contributed by atoms with Gasteiger partial charge in [-0.15, -0.1) is 0 Å². The van der Waals surface area contributed by atoms with E-state index >= 15 is 0 Å². The van der Waals surface area contributed by atoms with Crippen molar-refractivity contribution in [1.29, 1.82) is 0 Å². The number of carbonyl (C=O) groups is 2. The summed E-state index contributed by atoms with van der Waals surface area (Å²) in [5.74, 6) is -0.509. The van der Waals surface area contributed by atoms with Crippen LogP contribution in [-0.4, -0.2) is 35.0 Å². The molecule has 1 saturated carbocycles. The van der Waals surface area contributed by atoms with Crippen molar-refractivity contribution < 1.29 is 18.5 Å². The molecule has 130 valence electrons. The van der Waals surface area contributed by atoms with E-state index in [1.807, 2.05) is 0 Å². The lowest BCUT2D eigenvalue weighted by Gasteiger charge is -2.35. The van der Waals surface area contributed by atoms with Crippen LogP contribution in [0.3, 0.4) is 0 Å². The molecule has 1 saturated heterocycles. The lowest BCUT2D eigenvalue weighted by Crippen LogP contribution is -2.52. The highest BCUT2D eigenvalue weighted by Crippen LogP contribution is 2.39. The van der Waals surface area contributed by atoms with E-state index < -0.39 is 6.04 Å². The van der Waals surface area contributed by atoms with Gasteiger partial charge in [-0.3, -0.25) is 9.59 Å². The number of hydrogen-bond donors (Lipinski definition) is 1. The average Bonchev–Trinajstić information content (AvgIpc) is 3.32. The minimum absolute atomic E-state index is 0.140. The number of piperazine rings is 1. The molecule has 0 spiro atoms. The van der Waals surface area contributed by atoms with Crippen molar-refractivity contribution in [2.45, 2.75) is 31.7 Å². The van der Waals surface area contributed by atoms with Crippen molar-refractivity contribution in [2.75, 3.05) is 13.1 Å². The van der Waals surface area contributed by atoms with Gasteiger partial charge in [0.15, 0.2) is 0 Å². The molecule has 25 heavy (non-hydrogen) atoms. The Morgan fingerprint density at radius 1 is 1.36 bits per heavy atom. The standard InChI is InChI=1S/C18H18FN3O3/c1-10-8-12(19)4-5-13(10)16-17(23)20-6-7-22(16)18(24)15-9-14(21-25-15)11-2-3-11/h4-5,8-9,11,16H,2-3,6-7H2,1H3,(H,20,23). The molecule has 4 rings (SSSR count). The Balaban J connectivity index is 1.67. The second-order valence-electron chi connectivity index (χ2n) is 6.58. The van der Waals surface area contributed by atoms with Crippen LogP contribution in [0.2, 0.25) is 0 Å². The number of hydrogen-bond acceptors (Lipinski definition) is 4. The summed E-state index contributed by atoms with van der Waals surface area (Å²) in [4.78, 5) is 26.8. The molecule has 1 unspecified atom stereocenters. The molecule has 7 heteroatoms. The number of aromatic nitrogens is 1. The van der Waals surface area contributed by atoms with Crippen LogP contribution < -0.4 is 5.32 Å². The summed E-state index contributed by atoms with van der Waals surface area (Å²) >= 11 is 0. The first-order valence-corrected chi connectivity index (χ1v) is 8.36. The number of aryl methyl sites for hydroxylation is 1. The first-order valence-electron chi connectivity index (χ1n) is 8.36. The Bertz CT molecular complexity index is 844. The van der Waals surface area contributed by atoms with Gasteiger partial charge in [-0.2, -0.15) is 0 Å². The van der Waals surface area contributed by atoms with Crippen molar-refractivity contribution in [3.63, 3.8) is 0 Å². The summed E-state index contributed by atoms with van der Waals surface area (Å²) in [6, 6.07) is 5.07. The number of rotatable bonds is 3. The summed E-state index contributed by atoms with van der Waals surface area (Å²) in [5.41, 5.74) is 2.02. The van der Waals surface area contributed by atoms with E-state index in [1.54, 1.807) is 19.1 Å². The van der Waals surface area contributed by atoms with E-state index in [2.05, 4.69) is 10.5 Å². The zero-order valence-electron chi connectivity index (χ0n) is 13.8. The first kappa shape index (κ1) is 15.8. The summed E-state index contributed by atoms with van der Waals surface area (Å²) in [6.07, 6.45) is 2.12. The highest BCUT2D eigenvalue weighted by molar-refractivity contribution is 5.96. The smallest absolute Gasteiger partial charge is 0.293 e. The molecule has 1 aromatic heterocycles. The van der Waals surface area contributed by atoms with Crippen molar-refractivity contribution in [2.24, 2.45) is 0 Å². The Hall–Kier alpha value is -2.70. The fraction of sp³-hybridized carbons (Fsp3) is 0.389. The lowest BCUT2D eigenvalue weighted by atomic mass is 9.97. The summed E-state index contributed by atoms with van der Waals surface area (Å²) in [7, 11) is 0. The molecular weight excluding hydrogens is 325 g/mol. The van der Waals surface area contributed by atoms with Crippen LogP contribution >= 0.6 is 0 Å². The lowest BCUT2D eigenvalue weighted by molar-refractivity contribution is -0.128. The van der Waals surface area contributed by atoms with Crippen LogP contribution in [-0.2, 0) is 4.79 Å². The van der Waals surface area contributed by atoms with Gasteiger partial charge in [0.25, 0.3) is 5.91 Å². The van der Waals surface area contributed by atoms with Crippen LogP contribution in [0.5, 0.6) is 0 Å². The van der Waals surface area contributed by atoms with E-state index in [0.29, 0.717) is 30.1 Å². The molecule has 2 aliphatic rings. The van der Waals surface area contributed by atoms with Gasteiger partial charge in [0, 0.05) is 25.1 Å². The predicted octanol–water partition coefficient (Wildman–Crippen LogP) is 2.31. The molecular formula is C18H18FN3O3. The summed E-state index contributed by atoms with van der Waals surface area (Å²) < 4.78 is 18.6. The zero-order chi connectivity index (χ0) is 17.6. The Labute approximate surface area is 144 Å². The maximum atomic E-state index is 13.4. The van der Waals surface area contributed by atoms with E-state index in [4.69, 9.17) is 4.52 Å². The Morgan fingerprint density at radius 3 is 2.88 bits per heavy atom. The van der Waals surface area contributed by atoms with E-state index in [0.717, 1.165) is 18.5 Å². The number of amides is 2. The van der Waals surface area contributed by atoms with Gasteiger partial charge in [0.05, 0.1) is 5.69 Å². The monoisotopic (exact) mass is 343 g/mol. The molecule has 2 amide bonds. The van der Waals surface area contributed by atoms with Gasteiger partial charge < -0.3 is 14.7 Å². The molecule has 2 aromatic rings. The normalized spacial score (nSPS) is 20.5. The maximum Gasteiger partial charge on any atom is 0.293 e. The largest absolute Gasteiger partial charge is 0.352 e. The molecule has 2 fully saturated rings. The number of halogens is 1. The molecule has 1 aliphatic carbocycles. The zero-order valence-corrected chi connectivity index (χ0v) is 13.8. The maximum absolute atomic E-state index is 13.4. The third-order valence-corrected chi connectivity index (χ3v) is 4.73. The van der Waals surface area contributed by atoms with Gasteiger partial charge in [-0.1, -0.05) is 11.2 Å². The third kappa shape index (κ3) is 2.90. The summed E-state index contributed by atoms with van der Waals surface area (Å²) in [6.45, 7) is 2.44. The molecule has 1 N–H and O–H groups in total. The van der Waals surface area contributed by atoms with Crippen LogP contribution in [0.25, 0.3) is 0 Å². The third-order valence-electron chi connectivity index (χ3n) is 4.73. The van der Waals surface area contributed by atoms with Gasteiger partial charge >= 0.3 is 0 Å². The quantitative estimate of drug-likeness (QED) is 0.928. The van der Waals surface area contributed by atoms with E-state index in [1.165, 1.54) is 17.0 Å². The fourth-order valence-corrected chi connectivity index (χ4v) is 3.24. The predicted molar refractivity (Wildman–Crippen MR) is 86.4 cm³/mol. The second kappa shape index (κ2) is 5.98. The molecule has 1 aromatic carbocycles. The molecule has 1 atom stereocenters. The topological polar surface area (TPSA) is 75.4 Å². The number of nitrogens with zero attached hydrogens (tertiary/aromatic N) is 2. The van der Waals surface area contributed by atoms with Gasteiger partial charge in [0.2, 0.25) is 11.7 Å². The summed E-state index contributed by atoms with van der Waals surface area (Å²) in [5, 5.41) is 6.74. The molecule has 0 bridgehead atoms. The van der Waals surface area contributed by atoms with Crippen LogP contribution in [0, 0.1) is 12.7 Å². The Kier molecular flexibility index (Phi) is 3.78. The van der Waals surface area contributed by atoms with E-state index in [-0.39, 0.29) is 23.4 Å². The first-order chi connectivity index (χ1) is 12.0. The highest BCUT2D eigenvalue weighted by Gasteiger charge is 2.38. The van der Waals surface area contributed by atoms with Crippen LogP contribution in [0.4, 0.5) is 4.39 Å². The van der Waals surface area contributed by atoms with E-state index in [9.17, 15) is 14.0 Å².